The molecule has 2 fully saturated rings. The van der Waals surface area contributed by atoms with Crippen molar-refractivity contribution in [1.82, 2.24) is 0 Å². The molecule has 70 valence electrons. The van der Waals surface area contributed by atoms with E-state index in [9.17, 15) is 0 Å². The zero-order chi connectivity index (χ0) is 8.55. The fourth-order valence-electron chi connectivity index (χ4n) is 1.87. The molecule has 1 saturated heterocycles. The molecule has 2 N–H and O–H groups in total. The Morgan fingerprint density at radius 3 is 1.67 bits per heavy atom. The Bertz CT molecular complexity index is 143. The Balaban J connectivity index is 1.98. The van der Waals surface area contributed by atoms with E-state index in [0.29, 0.717) is 0 Å². The zero-order valence-electron chi connectivity index (χ0n) is 6.85. The predicted octanol–water partition coefficient (Wildman–Crippen LogP) is -0.0188. The van der Waals surface area contributed by atoms with Gasteiger partial charge in [0.1, 0.15) is 0 Å². The Kier molecular flexibility index (Phi) is 2.32. The lowest BCUT2D eigenvalue weighted by molar-refractivity contribution is -0.343. The third-order valence-electron chi connectivity index (χ3n) is 2.51. The summed E-state index contributed by atoms with van der Waals surface area (Å²) in [5.41, 5.74) is 0. The van der Waals surface area contributed by atoms with Gasteiger partial charge >= 0.3 is 0 Å². The summed E-state index contributed by atoms with van der Waals surface area (Å²) in [5.74, 6) is 0. The monoisotopic (exact) mass is 174 g/mol. The lowest BCUT2D eigenvalue weighted by Gasteiger charge is -2.39. The Morgan fingerprint density at radius 2 is 1.25 bits per heavy atom. The number of aliphatic hydroxyl groups is 2. The van der Waals surface area contributed by atoms with Gasteiger partial charge in [-0.3, -0.25) is 0 Å². The van der Waals surface area contributed by atoms with E-state index in [0.717, 1.165) is 25.7 Å². The lowest BCUT2D eigenvalue weighted by Crippen LogP contribution is -2.50. The van der Waals surface area contributed by atoms with Crippen LogP contribution in [0.2, 0.25) is 0 Å². The normalized spacial score (nSPS) is 48.5. The Labute approximate surface area is 71.1 Å². The summed E-state index contributed by atoms with van der Waals surface area (Å²) in [6, 6.07) is 0. The van der Waals surface area contributed by atoms with Gasteiger partial charge in [0.05, 0.1) is 12.2 Å². The van der Waals surface area contributed by atoms with Crippen LogP contribution in [0.25, 0.3) is 0 Å². The topological polar surface area (TPSA) is 58.9 Å². The number of aliphatic hydroxyl groups excluding tert-OH is 2. The third-order valence-corrected chi connectivity index (χ3v) is 2.51. The zero-order valence-corrected chi connectivity index (χ0v) is 6.85. The van der Waals surface area contributed by atoms with Gasteiger partial charge in [-0.15, -0.1) is 0 Å². The van der Waals surface area contributed by atoms with Crippen LogP contribution in [0, 0.1) is 0 Å². The van der Waals surface area contributed by atoms with Gasteiger partial charge in [0.15, 0.2) is 0 Å². The first-order valence-electron chi connectivity index (χ1n) is 4.44. The van der Waals surface area contributed by atoms with Gasteiger partial charge in [-0.25, -0.2) is 0 Å². The van der Waals surface area contributed by atoms with E-state index >= 15 is 0 Å². The summed E-state index contributed by atoms with van der Waals surface area (Å²) in [6.45, 7) is 0. The molecule has 12 heavy (non-hydrogen) atoms. The number of rotatable bonds is 0. The lowest BCUT2D eigenvalue weighted by atomic mass is 9.94. The Morgan fingerprint density at radius 1 is 0.833 bits per heavy atom. The van der Waals surface area contributed by atoms with E-state index in [-0.39, 0.29) is 12.2 Å². The molecule has 4 heteroatoms. The first-order chi connectivity index (χ1) is 5.77. The summed E-state index contributed by atoms with van der Waals surface area (Å²) in [5, 5.41) is 18.2. The molecular weight excluding hydrogens is 160 g/mol. The Hall–Kier alpha value is -0.160. The molecule has 1 aliphatic carbocycles. The van der Waals surface area contributed by atoms with Gasteiger partial charge in [-0.05, 0) is 12.8 Å². The van der Waals surface area contributed by atoms with Crippen LogP contribution in [0.15, 0.2) is 0 Å². The van der Waals surface area contributed by atoms with Gasteiger partial charge in [-0.1, -0.05) is 12.8 Å². The molecule has 0 aromatic carbocycles. The maximum Gasteiger partial charge on any atom is 0.207 e. The van der Waals surface area contributed by atoms with Crippen molar-refractivity contribution < 1.29 is 19.7 Å². The van der Waals surface area contributed by atoms with Crippen LogP contribution in [0.1, 0.15) is 25.7 Å². The highest BCUT2D eigenvalue weighted by Crippen LogP contribution is 2.29. The van der Waals surface area contributed by atoms with Crippen LogP contribution >= 0.6 is 0 Å². The molecule has 1 saturated carbocycles. The van der Waals surface area contributed by atoms with Crippen LogP contribution in [0.5, 0.6) is 0 Å². The van der Waals surface area contributed by atoms with E-state index in [2.05, 4.69) is 0 Å². The molecule has 2 rings (SSSR count). The first kappa shape index (κ1) is 8.44. The largest absolute Gasteiger partial charge is 0.364 e. The van der Waals surface area contributed by atoms with Gasteiger partial charge in [0, 0.05) is 0 Å². The van der Waals surface area contributed by atoms with E-state index < -0.39 is 12.6 Å². The minimum atomic E-state index is -1.16. The maximum absolute atomic E-state index is 9.12. The van der Waals surface area contributed by atoms with Crippen LogP contribution in [-0.2, 0) is 9.47 Å². The van der Waals surface area contributed by atoms with Crippen molar-refractivity contribution in [3.63, 3.8) is 0 Å². The molecule has 4 nitrogen and oxygen atoms in total. The summed E-state index contributed by atoms with van der Waals surface area (Å²) in [7, 11) is 0. The number of fused-ring (bicyclic) bond motifs is 1. The van der Waals surface area contributed by atoms with E-state index in [1.165, 1.54) is 0 Å². The molecule has 0 spiro atoms. The summed E-state index contributed by atoms with van der Waals surface area (Å²) >= 11 is 0. The van der Waals surface area contributed by atoms with Gasteiger partial charge in [0.25, 0.3) is 0 Å². The average molecular weight is 174 g/mol. The number of hydrogen-bond acceptors (Lipinski definition) is 4. The molecule has 1 aliphatic heterocycles. The van der Waals surface area contributed by atoms with Crippen molar-refractivity contribution in [2.24, 2.45) is 0 Å². The van der Waals surface area contributed by atoms with Crippen molar-refractivity contribution in [2.45, 2.75) is 50.5 Å². The smallest absolute Gasteiger partial charge is 0.207 e. The van der Waals surface area contributed by atoms with Crippen molar-refractivity contribution in [3.8, 4) is 0 Å². The first-order valence-corrected chi connectivity index (χ1v) is 4.44. The SMILES string of the molecule is OC1O[C@H]2CCCC[C@@H]2OC1O. The maximum atomic E-state index is 9.12. The highest BCUT2D eigenvalue weighted by atomic mass is 16.7. The number of ether oxygens (including phenoxy) is 2. The van der Waals surface area contributed by atoms with Crippen LogP contribution in [-0.4, -0.2) is 35.0 Å². The van der Waals surface area contributed by atoms with Gasteiger partial charge in [0.2, 0.25) is 12.6 Å². The standard InChI is InChI=1S/C8H14O4/c9-7-8(10)12-6-4-2-1-3-5(6)11-7/h5-10H,1-4H2/t5-,6-,7?,8?/m0/s1. The number of hydrogen-bond donors (Lipinski definition) is 2. The van der Waals surface area contributed by atoms with Crippen LogP contribution in [0.4, 0.5) is 0 Å². The van der Waals surface area contributed by atoms with Gasteiger partial charge < -0.3 is 19.7 Å². The quantitative estimate of drug-likeness (QED) is 0.542. The fraction of sp³-hybridized carbons (Fsp3) is 1.00. The second kappa shape index (κ2) is 3.30. The highest BCUT2D eigenvalue weighted by Gasteiger charge is 2.38. The molecule has 1 heterocycles. The van der Waals surface area contributed by atoms with Crippen molar-refractivity contribution in [1.29, 1.82) is 0 Å². The molecular formula is C8H14O4. The summed E-state index contributed by atoms with van der Waals surface area (Å²) < 4.78 is 10.4. The second-order valence-electron chi connectivity index (χ2n) is 3.41. The molecule has 4 atom stereocenters. The summed E-state index contributed by atoms with van der Waals surface area (Å²) in [6.07, 6.45) is 1.73. The molecule has 0 aromatic heterocycles. The van der Waals surface area contributed by atoms with E-state index in [1.54, 1.807) is 0 Å². The molecule has 2 aliphatic rings. The van der Waals surface area contributed by atoms with E-state index in [4.69, 9.17) is 19.7 Å². The molecule has 0 aromatic rings. The predicted molar refractivity (Wildman–Crippen MR) is 40.2 cm³/mol. The van der Waals surface area contributed by atoms with Crippen LogP contribution < -0.4 is 0 Å². The van der Waals surface area contributed by atoms with Gasteiger partial charge in [-0.2, -0.15) is 0 Å². The van der Waals surface area contributed by atoms with Crippen molar-refractivity contribution in [2.75, 3.05) is 0 Å². The third kappa shape index (κ3) is 1.47. The fourth-order valence-corrected chi connectivity index (χ4v) is 1.87. The van der Waals surface area contributed by atoms with Crippen LogP contribution in [0.3, 0.4) is 0 Å². The highest BCUT2D eigenvalue weighted by molar-refractivity contribution is 4.80. The minimum Gasteiger partial charge on any atom is -0.364 e. The minimum absolute atomic E-state index is 0.0165. The summed E-state index contributed by atoms with van der Waals surface area (Å²) in [4.78, 5) is 0. The average Bonchev–Trinajstić information content (AvgIpc) is 2.07. The molecule has 2 unspecified atom stereocenters. The molecule has 0 radical (unpaired) electrons. The van der Waals surface area contributed by atoms with Crippen molar-refractivity contribution in [3.05, 3.63) is 0 Å². The molecule has 0 bridgehead atoms. The molecule has 0 amide bonds. The van der Waals surface area contributed by atoms with Crippen molar-refractivity contribution >= 4 is 0 Å². The van der Waals surface area contributed by atoms with E-state index in [1.807, 2.05) is 0 Å². The second-order valence-corrected chi connectivity index (χ2v) is 3.41.